The second kappa shape index (κ2) is 5.88. The van der Waals surface area contributed by atoms with Crippen molar-refractivity contribution in [3.05, 3.63) is 24.3 Å². The zero-order valence-corrected chi connectivity index (χ0v) is 11.3. The highest BCUT2D eigenvalue weighted by Gasteiger charge is 2.03. The van der Waals surface area contributed by atoms with Crippen LogP contribution in [0.3, 0.4) is 0 Å². The van der Waals surface area contributed by atoms with Gasteiger partial charge in [0.15, 0.2) is 4.34 Å². The van der Waals surface area contributed by atoms with Crippen LogP contribution in [-0.4, -0.2) is 23.1 Å². The monoisotopic (exact) mass is 267 g/mol. The number of nitrogens with one attached hydrogen (secondary N) is 1. The molecule has 0 saturated heterocycles. The van der Waals surface area contributed by atoms with E-state index in [1.165, 1.54) is 0 Å². The molecule has 0 fully saturated rings. The molecule has 0 amide bonds. The minimum atomic E-state index is 0.811. The predicted molar refractivity (Wildman–Crippen MR) is 72.6 cm³/mol. The molecule has 1 N–H and O–H groups in total. The smallest absolute Gasteiger partial charge is 0.210 e. The van der Waals surface area contributed by atoms with Gasteiger partial charge >= 0.3 is 0 Å². The van der Waals surface area contributed by atoms with Crippen LogP contribution in [0.15, 0.2) is 28.6 Å². The van der Waals surface area contributed by atoms with Crippen molar-refractivity contribution in [3.63, 3.8) is 0 Å². The fourth-order valence-corrected chi connectivity index (χ4v) is 2.91. The average Bonchev–Trinajstić information content (AvgIpc) is 2.78. The van der Waals surface area contributed by atoms with E-state index in [0.29, 0.717) is 0 Å². The Morgan fingerprint density at radius 2 is 2.06 bits per heavy atom. The number of hydrogen-bond donors (Lipinski definition) is 1. The number of anilines is 2. The summed E-state index contributed by atoms with van der Waals surface area (Å²) in [6.45, 7) is 2.10. The van der Waals surface area contributed by atoms with Gasteiger partial charge in [-0.25, -0.2) is 0 Å². The fraction of sp³-hybridized carbons (Fsp3) is 0.273. The molecule has 0 atom stereocenters. The molecule has 0 bridgehead atoms. The van der Waals surface area contributed by atoms with Gasteiger partial charge in [-0.2, -0.15) is 0 Å². The largest absolute Gasteiger partial charge is 0.497 e. The Morgan fingerprint density at radius 1 is 1.29 bits per heavy atom. The third-order valence-electron chi connectivity index (χ3n) is 2.02. The van der Waals surface area contributed by atoms with E-state index in [1.807, 2.05) is 24.3 Å². The maximum atomic E-state index is 5.10. The number of aromatic nitrogens is 2. The molecule has 0 aliphatic rings. The van der Waals surface area contributed by atoms with E-state index in [2.05, 4.69) is 22.4 Å². The zero-order valence-electron chi connectivity index (χ0n) is 9.64. The number of benzene rings is 1. The van der Waals surface area contributed by atoms with Crippen molar-refractivity contribution in [1.82, 2.24) is 10.2 Å². The van der Waals surface area contributed by atoms with Gasteiger partial charge in [0.1, 0.15) is 5.75 Å². The number of nitrogens with zero attached hydrogens (tertiary/aromatic N) is 2. The molecule has 1 aromatic heterocycles. The molecule has 0 aliphatic heterocycles. The van der Waals surface area contributed by atoms with E-state index < -0.39 is 0 Å². The first-order chi connectivity index (χ1) is 8.31. The zero-order chi connectivity index (χ0) is 12.1. The van der Waals surface area contributed by atoms with Crippen LogP contribution in [0.2, 0.25) is 0 Å². The van der Waals surface area contributed by atoms with Gasteiger partial charge in [-0.15, -0.1) is 10.2 Å². The third-order valence-corrected chi connectivity index (χ3v) is 3.87. The first-order valence-electron chi connectivity index (χ1n) is 5.19. The second-order valence-electron chi connectivity index (χ2n) is 3.16. The Hall–Kier alpha value is -1.27. The minimum absolute atomic E-state index is 0.811. The highest BCUT2D eigenvalue weighted by molar-refractivity contribution is 8.01. The second-order valence-corrected chi connectivity index (χ2v) is 5.65. The molecule has 17 heavy (non-hydrogen) atoms. The molecule has 0 spiro atoms. The summed E-state index contributed by atoms with van der Waals surface area (Å²) in [6, 6.07) is 7.72. The highest BCUT2D eigenvalue weighted by Crippen LogP contribution is 2.27. The van der Waals surface area contributed by atoms with Crippen molar-refractivity contribution >= 4 is 33.9 Å². The van der Waals surface area contributed by atoms with Gasteiger partial charge in [0.2, 0.25) is 5.13 Å². The number of ether oxygens (including phenoxy) is 1. The lowest BCUT2D eigenvalue weighted by atomic mass is 10.3. The van der Waals surface area contributed by atoms with Crippen molar-refractivity contribution in [2.45, 2.75) is 11.3 Å². The Labute approximate surface area is 108 Å². The van der Waals surface area contributed by atoms with Crippen LogP contribution >= 0.6 is 23.1 Å². The summed E-state index contributed by atoms with van der Waals surface area (Å²) in [5.41, 5.74) is 0.981. The Kier molecular flexibility index (Phi) is 4.22. The molecule has 90 valence electrons. The lowest BCUT2D eigenvalue weighted by molar-refractivity contribution is 0.415. The van der Waals surface area contributed by atoms with Crippen LogP contribution in [0.5, 0.6) is 5.75 Å². The molecule has 6 heteroatoms. The summed E-state index contributed by atoms with van der Waals surface area (Å²) in [6.07, 6.45) is 0. The van der Waals surface area contributed by atoms with Gasteiger partial charge in [-0.05, 0) is 30.0 Å². The van der Waals surface area contributed by atoms with Crippen LogP contribution in [-0.2, 0) is 0 Å². The van der Waals surface area contributed by atoms with Gasteiger partial charge in [-0.1, -0.05) is 30.0 Å². The number of methoxy groups -OCH3 is 1. The third kappa shape index (κ3) is 3.34. The number of hydrogen-bond acceptors (Lipinski definition) is 6. The lowest BCUT2D eigenvalue weighted by Crippen LogP contribution is -1.89. The summed E-state index contributed by atoms with van der Waals surface area (Å²) in [4.78, 5) is 0. The molecule has 0 radical (unpaired) electrons. The van der Waals surface area contributed by atoms with Crippen molar-refractivity contribution in [1.29, 1.82) is 0 Å². The maximum absolute atomic E-state index is 5.10. The van der Waals surface area contributed by atoms with E-state index >= 15 is 0 Å². The molecule has 2 aromatic rings. The van der Waals surface area contributed by atoms with Gasteiger partial charge in [0.05, 0.1) is 7.11 Å². The van der Waals surface area contributed by atoms with Crippen molar-refractivity contribution in [2.24, 2.45) is 0 Å². The van der Waals surface area contributed by atoms with E-state index in [0.717, 1.165) is 26.7 Å². The molecule has 1 aromatic carbocycles. The highest BCUT2D eigenvalue weighted by atomic mass is 32.2. The van der Waals surface area contributed by atoms with Crippen molar-refractivity contribution < 1.29 is 4.74 Å². The molecular weight excluding hydrogens is 254 g/mol. The van der Waals surface area contributed by atoms with Gasteiger partial charge in [0.25, 0.3) is 0 Å². The van der Waals surface area contributed by atoms with Crippen LogP contribution in [0.25, 0.3) is 0 Å². The normalized spacial score (nSPS) is 10.2. The Balaban J connectivity index is 2.03. The topological polar surface area (TPSA) is 47.0 Å². The quantitative estimate of drug-likeness (QED) is 0.841. The molecular formula is C11H13N3OS2. The maximum Gasteiger partial charge on any atom is 0.210 e. The average molecular weight is 267 g/mol. The molecule has 0 saturated carbocycles. The SMILES string of the molecule is CCSc1nnc(Nc2ccc(OC)cc2)s1. The number of rotatable bonds is 5. The Morgan fingerprint density at radius 3 is 2.71 bits per heavy atom. The summed E-state index contributed by atoms with van der Waals surface area (Å²) >= 11 is 3.26. The summed E-state index contributed by atoms with van der Waals surface area (Å²) in [7, 11) is 1.65. The summed E-state index contributed by atoms with van der Waals surface area (Å²) < 4.78 is 6.09. The minimum Gasteiger partial charge on any atom is -0.497 e. The molecule has 0 aliphatic carbocycles. The summed E-state index contributed by atoms with van der Waals surface area (Å²) in [5.74, 6) is 1.85. The van der Waals surface area contributed by atoms with E-state index in [4.69, 9.17) is 4.74 Å². The van der Waals surface area contributed by atoms with Gasteiger partial charge in [0, 0.05) is 5.69 Å². The van der Waals surface area contributed by atoms with Crippen molar-refractivity contribution in [2.75, 3.05) is 18.2 Å². The Bertz CT molecular complexity index is 470. The van der Waals surface area contributed by atoms with Crippen LogP contribution in [0.4, 0.5) is 10.8 Å². The van der Waals surface area contributed by atoms with E-state index in [9.17, 15) is 0 Å². The van der Waals surface area contributed by atoms with Crippen LogP contribution in [0, 0.1) is 0 Å². The van der Waals surface area contributed by atoms with E-state index in [1.54, 1.807) is 30.2 Å². The number of thioether (sulfide) groups is 1. The van der Waals surface area contributed by atoms with Gasteiger partial charge in [-0.3, -0.25) is 0 Å². The van der Waals surface area contributed by atoms with Gasteiger partial charge < -0.3 is 10.1 Å². The van der Waals surface area contributed by atoms with Crippen LogP contribution in [0.1, 0.15) is 6.92 Å². The molecule has 1 heterocycles. The fourth-order valence-electron chi connectivity index (χ4n) is 1.24. The predicted octanol–water partition coefficient (Wildman–Crippen LogP) is 3.40. The first kappa shape index (κ1) is 12.2. The summed E-state index contributed by atoms with van der Waals surface area (Å²) in [5, 5.41) is 12.2. The van der Waals surface area contributed by atoms with Crippen LogP contribution < -0.4 is 10.1 Å². The molecule has 0 unspecified atom stereocenters. The van der Waals surface area contributed by atoms with E-state index in [-0.39, 0.29) is 0 Å². The first-order valence-corrected chi connectivity index (χ1v) is 6.99. The lowest BCUT2D eigenvalue weighted by Gasteiger charge is -2.03. The standard InChI is InChI=1S/C11H13N3OS2/c1-3-16-11-14-13-10(17-11)12-8-4-6-9(15-2)7-5-8/h4-7H,3H2,1-2H3,(H,12,13). The molecule has 2 rings (SSSR count). The van der Waals surface area contributed by atoms with Crippen molar-refractivity contribution in [3.8, 4) is 5.75 Å². The molecule has 4 nitrogen and oxygen atoms in total.